The molecule has 0 aliphatic carbocycles. The van der Waals surface area contributed by atoms with Crippen LogP contribution in [-0.2, 0) is 0 Å². The van der Waals surface area contributed by atoms with Gasteiger partial charge in [-0.2, -0.15) is 0 Å². The van der Waals surface area contributed by atoms with Crippen molar-refractivity contribution in [2.24, 2.45) is 5.92 Å². The van der Waals surface area contributed by atoms with E-state index in [2.05, 4.69) is 22.1 Å². The molecule has 0 spiro atoms. The van der Waals surface area contributed by atoms with Crippen molar-refractivity contribution in [1.29, 1.82) is 0 Å². The topological polar surface area (TPSA) is 45.2 Å². The number of nitrogens with one attached hydrogen (secondary N) is 1. The molecule has 0 bridgehead atoms. The van der Waals surface area contributed by atoms with E-state index < -0.39 is 5.82 Å². The number of hydrogen-bond donors (Lipinski definition) is 1. The van der Waals surface area contributed by atoms with Gasteiger partial charge in [0.25, 0.3) is 5.91 Å². The molecule has 2 aromatic rings. The van der Waals surface area contributed by atoms with Gasteiger partial charge in [0.1, 0.15) is 5.82 Å². The number of carbonyl (C=O) groups is 1. The molecule has 4 nitrogen and oxygen atoms in total. The maximum atomic E-state index is 13.2. The normalized spacial score (nSPS) is 17.6. The molecule has 1 N–H and O–H groups in total. The van der Waals surface area contributed by atoms with Crippen molar-refractivity contribution in [1.82, 2.24) is 4.98 Å². The van der Waals surface area contributed by atoms with E-state index in [4.69, 9.17) is 11.6 Å². The lowest BCUT2D eigenvalue weighted by atomic mass is 10.00. The van der Waals surface area contributed by atoms with Gasteiger partial charge >= 0.3 is 0 Å². The maximum absolute atomic E-state index is 13.2. The van der Waals surface area contributed by atoms with Crippen LogP contribution in [0.4, 0.5) is 15.8 Å². The van der Waals surface area contributed by atoms with Crippen molar-refractivity contribution >= 4 is 28.9 Å². The first kappa shape index (κ1) is 16.7. The second-order valence-electron chi connectivity index (χ2n) is 6.21. The molecule has 1 amide bonds. The quantitative estimate of drug-likeness (QED) is 0.897. The van der Waals surface area contributed by atoms with Crippen LogP contribution in [0.5, 0.6) is 0 Å². The number of anilines is 2. The molecular formula is C18H19ClFN3O. The summed E-state index contributed by atoms with van der Waals surface area (Å²) in [7, 11) is 0. The van der Waals surface area contributed by atoms with Crippen LogP contribution in [0.1, 0.15) is 30.1 Å². The third kappa shape index (κ3) is 3.85. The van der Waals surface area contributed by atoms with Crippen LogP contribution >= 0.6 is 11.6 Å². The molecule has 0 saturated carbocycles. The lowest BCUT2D eigenvalue weighted by Crippen LogP contribution is -2.34. The standard InChI is InChI=1S/C18H19ClFN3O/c1-12-3-2-6-23(11-12)15-7-13(9-21-10-15)18(24)22-14-4-5-17(20)16(19)8-14/h4-5,7-10,12H,2-3,6,11H2,1H3,(H,22,24). The van der Waals surface area contributed by atoms with Crippen molar-refractivity contribution in [3.63, 3.8) is 0 Å². The van der Waals surface area contributed by atoms with Crippen LogP contribution in [0.25, 0.3) is 0 Å². The average molecular weight is 348 g/mol. The highest BCUT2D eigenvalue weighted by Crippen LogP contribution is 2.24. The van der Waals surface area contributed by atoms with Crippen LogP contribution in [0.2, 0.25) is 5.02 Å². The predicted molar refractivity (Wildman–Crippen MR) is 94.2 cm³/mol. The van der Waals surface area contributed by atoms with Gasteiger partial charge in [-0.25, -0.2) is 4.39 Å². The molecule has 1 aliphatic rings. The summed E-state index contributed by atoms with van der Waals surface area (Å²) >= 11 is 5.74. The van der Waals surface area contributed by atoms with E-state index in [1.54, 1.807) is 6.20 Å². The molecule has 1 fully saturated rings. The average Bonchev–Trinajstić information content (AvgIpc) is 2.58. The summed E-state index contributed by atoms with van der Waals surface area (Å²) in [5.41, 5.74) is 1.86. The lowest BCUT2D eigenvalue weighted by Gasteiger charge is -2.32. The van der Waals surface area contributed by atoms with Gasteiger partial charge in [-0.05, 0) is 43.0 Å². The van der Waals surface area contributed by atoms with Gasteiger partial charge in [0.05, 0.1) is 22.5 Å². The monoisotopic (exact) mass is 347 g/mol. The maximum Gasteiger partial charge on any atom is 0.257 e. The minimum Gasteiger partial charge on any atom is -0.370 e. The Balaban J connectivity index is 1.75. The molecule has 1 aromatic carbocycles. The number of amides is 1. The summed E-state index contributed by atoms with van der Waals surface area (Å²) < 4.78 is 13.2. The molecule has 1 saturated heterocycles. The zero-order chi connectivity index (χ0) is 17.1. The molecule has 1 atom stereocenters. The largest absolute Gasteiger partial charge is 0.370 e. The first-order valence-electron chi connectivity index (χ1n) is 7.99. The first-order chi connectivity index (χ1) is 11.5. The Bertz CT molecular complexity index is 753. The zero-order valence-electron chi connectivity index (χ0n) is 13.4. The van der Waals surface area contributed by atoms with Gasteiger partial charge in [-0.15, -0.1) is 0 Å². The Morgan fingerprint density at radius 1 is 1.38 bits per heavy atom. The van der Waals surface area contributed by atoms with Gasteiger partial charge in [-0.3, -0.25) is 9.78 Å². The fraction of sp³-hybridized carbons (Fsp3) is 0.333. The molecule has 1 aromatic heterocycles. The summed E-state index contributed by atoms with van der Waals surface area (Å²) in [6.45, 7) is 4.18. The van der Waals surface area contributed by atoms with E-state index in [-0.39, 0.29) is 10.9 Å². The van der Waals surface area contributed by atoms with Crippen LogP contribution in [-0.4, -0.2) is 24.0 Å². The third-order valence-electron chi connectivity index (χ3n) is 4.19. The number of halogens is 2. The molecule has 0 radical (unpaired) electrons. The van der Waals surface area contributed by atoms with Crippen LogP contribution in [0.3, 0.4) is 0 Å². The number of pyridine rings is 1. The summed E-state index contributed by atoms with van der Waals surface area (Å²) in [6.07, 6.45) is 5.68. The first-order valence-corrected chi connectivity index (χ1v) is 8.37. The molecule has 6 heteroatoms. The van der Waals surface area contributed by atoms with E-state index in [1.165, 1.54) is 30.8 Å². The number of piperidine rings is 1. The Labute approximate surface area is 145 Å². The van der Waals surface area contributed by atoms with E-state index in [0.717, 1.165) is 25.2 Å². The number of aromatic nitrogens is 1. The Morgan fingerprint density at radius 2 is 2.21 bits per heavy atom. The van der Waals surface area contributed by atoms with Gasteiger partial charge in [0, 0.05) is 25.0 Å². The van der Waals surface area contributed by atoms with Crippen LogP contribution in [0.15, 0.2) is 36.7 Å². The highest BCUT2D eigenvalue weighted by atomic mass is 35.5. The number of rotatable bonds is 3. The molecular weight excluding hydrogens is 329 g/mol. The Kier molecular flexibility index (Phi) is 5.00. The second-order valence-corrected chi connectivity index (χ2v) is 6.62. The highest BCUT2D eigenvalue weighted by molar-refractivity contribution is 6.31. The minimum absolute atomic E-state index is 0.0259. The van der Waals surface area contributed by atoms with E-state index >= 15 is 0 Å². The van der Waals surface area contributed by atoms with Gasteiger partial charge < -0.3 is 10.2 Å². The van der Waals surface area contributed by atoms with Gasteiger partial charge in [-0.1, -0.05) is 18.5 Å². The van der Waals surface area contributed by atoms with Crippen molar-refractivity contribution in [2.45, 2.75) is 19.8 Å². The van der Waals surface area contributed by atoms with Crippen LogP contribution in [0, 0.1) is 11.7 Å². The predicted octanol–water partition coefficient (Wildman–Crippen LogP) is 4.36. The molecule has 1 aliphatic heterocycles. The smallest absolute Gasteiger partial charge is 0.257 e. The van der Waals surface area contributed by atoms with Crippen molar-refractivity contribution in [2.75, 3.05) is 23.3 Å². The van der Waals surface area contributed by atoms with E-state index in [0.29, 0.717) is 17.2 Å². The molecule has 1 unspecified atom stereocenters. The fourth-order valence-electron chi connectivity index (χ4n) is 2.93. The van der Waals surface area contributed by atoms with Crippen molar-refractivity contribution in [3.8, 4) is 0 Å². The minimum atomic E-state index is -0.516. The lowest BCUT2D eigenvalue weighted by molar-refractivity contribution is 0.102. The molecule has 3 rings (SSSR count). The molecule has 126 valence electrons. The number of carbonyl (C=O) groups excluding carboxylic acids is 1. The second kappa shape index (κ2) is 7.18. The van der Waals surface area contributed by atoms with E-state index in [1.807, 2.05) is 6.07 Å². The van der Waals surface area contributed by atoms with Crippen molar-refractivity contribution < 1.29 is 9.18 Å². The highest BCUT2D eigenvalue weighted by Gasteiger charge is 2.18. The van der Waals surface area contributed by atoms with Crippen molar-refractivity contribution in [3.05, 3.63) is 53.1 Å². The van der Waals surface area contributed by atoms with Gasteiger partial charge in [0.15, 0.2) is 0 Å². The fourth-order valence-corrected chi connectivity index (χ4v) is 3.11. The molecule has 2 heterocycles. The number of hydrogen-bond acceptors (Lipinski definition) is 3. The van der Waals surface area contributed by atoms with Crippen LogP contribution < -0.4 is 10.2 Å². The summed E-state index contributed by atoms with van der Waals surface area (Å²) in [6, 6.07) is 5.92. The SMILES string of the molecule is CC1CCCN(c2cncc(C(=O)Nc3ccc(F)c(Cl)c3)c2)C1. The summed E-state index contributed by atoms with van der Waals surface area (Å²) in [5, 5.41) is 2.69. The van der Waals surface area contributed by atoms with E-state index in [9.17, 15) is 9.18 Å². The summed E-state index contributed by atoms with van der Waals surface area (Å²) in [4.78, 5) is 18.9. The summed E-state index contributed by atoms with van der Waals surface area (Å²) in [5.74, 6) is -0.174. The van der Waals surface area contributed by atoms with Gasteiger partial charge in [0.2, 0.25) is 0 Å². The number of benzene rings is 1. The zero-order valence-corrected chi connectivity index (χ0v) is 14.2. The number of nitrogens with zero attached hydrogens (tertiary/aromatic N) is 2. The Hall–Kier alpha value is -2.14. The Morgan fingerprint density at radius 3 is 2.96 bits per heavy atom. The molecule has 24 heavy (non-hydrogen) atoms. The third-order valence-corrected chi connectivity index (χ3v) is 4.48.